The summed E-state index contributed by atoms with van der Waals surface area (Å²) in [6.45, 7) is 0. The topological polar surface area (TPSA) is 79.2 Å². The lowest BCUT2D eigenvalue weighted by molar-refractivity contribution is -0.187. The first-order valence-electron chi connectivity index (χ1n) is 9.15. The van der Waals surface area contributed by atoms with Gasteiger partial charge in [-0.2, -0.15) is 30.0 Å². The zero-order valence-electron chi connectivity index (χ0n) is 16.3. The number of hydrazone groups is 1. The Morgan fingerprint density at radius 2 is 2.03 bits per heavy atom. The first kappa shape index (κ1) is 23.1. The molecule has 1 aromatic carbocycles. The highest BCUT2D eigenvalue weighted by Gasteiger charge is 2.50. The number of rotatable bonds is 8. The number of carboxylic acids is 1. The van der Waals surface area contributed by atoms with E-state index in [1.165, 1.54) is 18.4 Å². The normalized spacial score (nSPS) is 17.4. The number of amides is 1. The van der Waals surface area contributed by atoms with E-state index in [1.54, 1.807) is 41.8 Å². The van der Waals surface area contributed by atoms with E-state index in [1.807, 2.05) is 0 Å². The summed E-state index contributed by atoms with van der Waals surface area (Å²) >= 11 is 2.23. The molecule has 0 bridgehead atoms. The molecule has 1 N–H and O–H groups in total. The molecule has 1 aromatic heterocycles. The Morgan fingerprint density at radius 1 is 1.32 bits per heavy atom. The van der Waals surface area contributed by atoms with E-state index < -0.39 is 35.8 Å². The molecule has 0 aliphatic carbocycles. The average molecular weight is 473 g/mol. The van der Waals surface area contributed by atoms with Crippen molar-refractivity contribution in [2.24, 2.45) is 11.0 Å². The molecule has 3 rings (SSSR count). The third-order valence-electron chi connectivity index (χ3n) is 4.63. The van der Waals surface area contributed by atoms with Crippen LogP contribution >= 0.6 is 23.1 Å². The van der Waals surface area contributed by atoms with Crippen LogP contribution in [0.25, 0.3) is 0 Å². The van der Waals surface area contributed by atoms with Gasteiger partial charge < -0.3 is 9.84 Å². The molecule has 11 heteroatoms. The van der Waals surface area contributed by atoms with E-state index in [9.17, 15) is 27.9 Å². The molecule has 166 valence electrons. The van der Waals surface area contributed by atoms with Crippen molar-refractivity contribution >= 4 is 40.7 Å². The van der Waals surface area contributed by atoms with Crippen molar-refractivity contribution in [1.82, 2.24) is 5.01 Å². The molecule has 0 fully saturated rings. The van der Waals surface area contributed by atoms with Gasteiger partial charge in [-0.3, -0.25) is 4.79 Å². The number of benzene rings is 1. The lowest BCUT2D eigenvalue weighted by Crippen LogP contribution is -2.46. The average Bonchev–Trinajstić information content (AvgIpc) is 3.40. The van der Waals surface area contributed by atoms with Gasteiger partial charge in [-0.05, 0) is 29.1 Å². The number of thioether (sulfide) groups is 1. The van der Waals surface area contributed by atoms with Crippen molar-refractivity contribution in [1.29, 1.82) is 0 Å². The highest BCUT2D eigenvalue weighted by Crippen LogP contribution is 2.34. The Labute approximate surface area is 184 Å². The number of aliphatic carboxylic acids is 1. The maximum atomic E-state index is 13.7. The number of hydrogen-bond acceptors (Lipinski definition) is 6. The van der Waals surface area contributed by atoms with Gasteiger partial charge in [0.15, 0.2) is 6.04 Å². The van der Waals surface area contributed by atoms with Crippen molar-refractivity contribution in [3.05, 3.63) is 52.2 Å². The number of carbonyl (C=O) groups is 2. The highest BCUT2D eigenvalue weighted by molar-refractivity contribution is 7.98. The second-order valence-corrected chi connectivity index (χ2v) is 8.70. The molecule has 2 heterocycles. The van der Waals surface area contributed by atoms with Crippen LogP contribution in [0, 0.1) is 5.92 Å². The molecule has 2 unspecified atom stereocenters. The van der Waals surface area contributed by atoms with E-state index in [4.69, 9.17) is 4.74 Å². The SMILES string of the molecule is COc1ccc(CSCC(C(=O)N2N=C(c3cccs3)CC2C(=O)O)C(F)(F)F)cc1. The van der Waals surface area contributed by atoms with Crippen LogP contribution in [0.15, 0.2) is 46.9 Å². The number of thiophene rings is 1. The summed E-state index contributed by atoms with van der Waals surface area (Å²) in [6, 6.07) is 8.81. The van der Waals surface area contributed by atoms with Gasteiger partial charge in [-0.15, -0.1) is 11.3 Å². The van der Waals surface area contributed by atoms with E-state index in [0.717, 1.165) is 17.3 Å². The van der Waals surface area contributed by atoms with E-state index in [0.29, 0.717) is 21.3 Å². The highest BCUT2D eigenvalue weighted by atomic mass is 32.2. The third-order valence-corrected chi connectivity index (χ3v) is 6.66. The molecule has 0 spiro atoms. The van der Waals surface area contributed by atoms with Crippen LogP contribution in [0.2, 0.25) is 0 Å². The Hall–Kier alpha value is -2.53. The molecular weight excluding hydrogens is 453 g/mol. The second-order valence-electron chi connectivity index (χ2n) is 6.72. The fourth-order valence-corrected chi connectivity index (χ4v) is 4.81. The minimum atomic E-state index is -4.83. The number of halogens is 3. The van der Waals surface area contributed by atoms with E-state index in [2.05, 4.69) is 5.10 Å². The zero-order valence-corrected chi connectivity index (χ0v) is 18.0. The Kier molecular flexibility index (Phi) is 7.26. The molecule has 2 aromatic rings. The molecule has 1 aliphatic rings. The molecule has 6 nitrogen and oxygen atoms in total. The Morgan fingerprint density at radius 3 is 2.58 bits per heavy atom. The van der Waals surface area contributed by atoms with Gasteiger partial charge in [0.05, 0.1) is 17.7 Å². The predicted octanol–water partition coefficient (Wildman–Crippen LogP) is 4.26. The van der Waals surface area contributed by atoms with Crippen LogP contribution in [0.3, 0.4) is 0 Å². The van der Waals surface area contributed by atoms with Crippen LogP contribution in [0.4, 0.5) is 13.2 Å². The largest absolute Gasteiger partial charge is 0.497 e. The number of methoxy groups -OCH3 is 1. The molecule has 0 radical (unpaired) electrons. The number of alkyl halides is 3. The van der Waals surface area contributed by atoms with Crippen LogP contribution in [-0.4, -0.2) is 52.8 Å². The third kappa shape index (κ3) is 5.59. The molecule has 2 atom stereocenters. The Balaban J connectivity index is 1.74. The van der Waals surface area contributed by atoms with Gasteiger partial charge in [0.25, 0.3) is 5.91 Å². The summed E-state index contributed by atoms with van der Waals surface area (Å²) in [5.74, 6) is -4.75. The molecule has 1 aliphatic heterocycles. The van der Waals surface area contributed by atoms with Crippen LogP contribution < -0.4 is 4.74 Å². The lowest BCUT2D eigenvalue weighted by Gasteiger charge is -2.25. The smallest absolute Gasteiger partial charge is 0.401 e. The summed E-state index contributed by atoms with van der Waals surface area (Å²) in [4.78, 5) is 25.0. The predicted molar refractivity (Wildman–Crippen MR) is 112 cm³/mol. The fraction of sp³-hybridized carbons (Fsp3) is 0.350. The van der Waals surface area contributed by atoms with Gasteiger partial charge in [-0.25, -0.2) is 9.80 Å². The molecule has 0 saturated heterocycles. The number of carboxylic acid groups (broad SMARTS) is 1. The zero-order chi connectivity index (χ0) is 22.6. The quantitative estimate of drug-likeness (QED) is 0.621. The summed E-state index contributed by atoms with van der Waals surface area (Å²) in [6.07, 6.45) is -4.96. The van der Waals surface area contributed by atoms with E-state index in [-0.39, 0.29) is 12.2 Å². The second kappa shape index (κ2) is 9.73. The number of hydrogen-bond donors (Lipinski definition) is 1. The minimum Gasteiger partial charge on any atom is -0.497 e. The van der Waals surface area contributed by atoms with Crippen molar-refractivity contribution in [3.63, 3.8) is 0 Å². The van der Waals surface area contributed by atoms with E-state index >= 15 is 0 Å². The monoisotopic (exact) mass is 472 g/mol. The van der Waals surface area contributed by atoms with Crippen molar-refractivity contribution in [2.75, 3.05) is 12.9 Å². The summed E-state index contributed by atoms with van der Waals surface area (Å²) < 4.78 is 46.1. The Bertz CT molecular complexity index is 946. The molecule has 0 saturated carbocycles. The maximum Gasteiger partial charge on any atom is 0.401 e. The van der Waals surface area contributed by atoms with Crippen LogP contribution in [0.1, 0.15) is 16.9 Å². The van der Waals surface area contributed by atoms with Gasteiger partial charge in [0.1, 0.15) is 11.7 Å². The summed E-state index contributed by atoms with van der Waals surface area (Å²) in [5.41, 5.74) is 1.07. The van der Waals surface area contributed by atoms with Gasteiger partial charge in [0, 0.05) is 17.9 Å². The van der Waals surface area contributed by atoms with Crippen molar-refractivity contribution in [3.8, 4) is 5.75 Å². The van der Waals surface area contributed by atoms with Crippen molar-refractivity contribution in [2.45, 2.75) is 24.4 Å². The van der Waals surface area contributed by atoms with Crippen molar-refractivity contribution < 1.29 is 32.6 Å². The standard InChI is InChI=1S/C20H19F3N2O4S2/c1-29-13-6-4-12(5-7-13)10-30-11-14(20(21,22)23)18(26)25-16(19(27)28)9-15(24-25)17-3-2-8-31-17/h2-8,14,16H,9-11H2,1H3,(H,27,28). The summed E-state index contributed by atoms with van der Waals surface area (Å²) in [5, 5.41) is 15.6. The van der Waals surface area contributed by atoms with Crippen LogP contribution in [0.5, 0.6) is 5.75 Å². The first-order chi connectivity index (χ1) is 14.7. The molecular formula is C20H19F3N2O4S2. The molecule has 1 amide bonds. The lowest BCUT2D eigenvalue weighted by atomic mass is 10.1. The van der Waals surface area contributed by atoms with Gasteiger partial charge in [0.2, 0.25) is 0 Å². The van der Waals surface area contributed by atoms with Crippen LogP contribution in [-0.2, 0) is 15.3 Å². The number of nitrogens with zero attached hydrogens (tertiary/aromatic N) is 2. The first-order valence-corrected chi connectivity index (χ1v) is 11.2. The summed E-state index contributed by atoms with van der Waals surface area (Å²) in [7, 11) is 1.51. The fourth-order valence-electron chi connectivity index (χ4n) is 2.98. The molecule has 31 heavy (non-hydrogen) atoms. The number of carbonyl (C=O) groups excluding carboxylic acids is 1. The minimum absolute atomic E-state index is 0.134. The maximum absolute atomic E-state index is 13.7. The van der Waals surface area contributed by atoms with Gasteiger partial charge in [-0.1, -0.05) is 18.2 Å². The van der Waals surface area contributed by atoms with Gasteiger partial charge >= 0.3 is 12.1 Å². The number of ether oxygens (including phenoxy) is 1.